The van der Waals surface area contributed by atoms with Gasteiger partial charge in [0.2, 0.25) is 0 Å². The first kappa shape index (κ1) is 11.6. The molecule has 1 heterocycles. The number of aromatic nitrogens is 2. The molecule has 1 aliphatic rings. The van der Waals surface area contributed by atoms with Crippen molar-refractivity contribution in [2.75, 3.05) is 20.1 Å². The maximum absolute atomic E-state index is 5.83. The Kier molecular flexibility index (Phi) is 3.61. The maximum atomic E-state index is 5.83. The summed E-state index contributed by atoms with van der Waals surface area (Å²) in [6.45, 7) is 4.88. The van der Waals surface area contributed by atoms with Gasteiger partial charge in [0.1, 0.15) is 5.82 Å². The first-order valence-corrected chi connectivity index (χ1v) is 6.10. The molecule has 1 aromatic rings. The number of nitrogens with two attached hydrogens (primary N) is 1. The molecule has 1 atom stereocenters. The molecule has 1 fully saturated rings. The quantitative estimate of drug-likeness (QED) is 0.776. The first-order chi connectivity index (χ1) is 7.72. The van der Waals surface area contributed by atoms with Gasteiger partial charge in [-0.25, -0.2) is 4.98 Å². The van der Waals surface area contributed by atoms with Crippen LogP contribution in [0.5, 0.6) is 0 Å². The van der Waals surface area contributed by atoms with Crippen LogP contribution in [0.15, 0.2) is 12.4 Å². The molecule has 1 aliphatic carbocycles. The number of aryl methyl sites for hydroxylation is 1. The number of imidazole rings is 1. The fourth-order valence-electron chi connectivity index (χ4n) is 2.28. The zero-order valence-electron chi connectivity index (χ0n) is 10.3. The third-order valence-corrected chi connectivity index (χ3v) is 3.59. The molecule has 0 saturated heterocycles. The van der Waals surface area contributed by atoms with Crippen molar-refractivity contribution in [3.05, 3.63) is 18.2 Å². The van der Waals surface area contributed by atoms with Gasteiger partial charge < -0.3 is 15.2 Å². The second-order valence-corrected chi connectivity index (χ2v) is 4.79. The topological polar surface area (TPSA) is 47.1 Å². The second kappa shape index (κ2) is 4.97. The van der Waals surface area contributed by atoms with Gasteiger partial charge in [-0.05, 0) is 32.7 Å². The lowest BCUT2D eigenvalue weighted by Gasteiger charge is -2.27. The number of hydrogen-bond acceptors (Lipinski definition) is 3. The van der Waals surface area contributed by atoms with Gasteiger partial charge in [0, 0.05) is 38.1 Å². The van der Waals surface area contributed by atoms with Crippen molar-refractivity contribution in [1.82, 2.24) is 14.5 Å². The Hall–Kier alpha value is -0.870. The van der Waals surface area contributed by atoms with Crippen molar-refractivity contribution < 1.29 is 0 Å². The highest BCUT2D eigenvalue weighted by atomic mass is 15.2. The summed E-state index contributed by atoms with van der Waals surface area (Å²) in [4.78, 5) is 6.63. The Morgan fingerprint density at radius 2 is 2.38 bits per heavy atom. The molecule has 0 aliphatic heterocycles. The van der Waals surface area contributed by atoms with E-state index in [1.54, 1.807) is 0 Å². The summed E-state index contributed by atoms with van der Waals surface area (Å²) in [5, 5.41) is 0. The molecule has 0 radical (unpaired) electrons. The molecule has 1 unspecified atom stereocenters. The molecule has 4 heteroatoms. The van der Waals surface area contributed by atoms with Gasteiger partial charge in [-0.1, -0.05) is 0 Å². The maximum Gasteiger partial charge on any atom is 0.105 e. The lowest BCUT2D eigenvalue weighted by atomic mass is 10.1. The standard InChI is InChI=1S/C12H22N4/c1-10-14-5-6-16(10)8-7-15(2)12(9-13)11-3-4-11/h5-6,11-12H,3-4,7-9,13H2,1-2H3. The zero-order valence-corrected chi connectivity index (χ0v) is 10.3. The molecule has 0 amide bonds. The van der Waals surface area contributed by atoms with E-state index in [0.717, 1.165) is 31.4 Å². The summed E-state index contributed by atoms with van der Waals surface area (Å²) in [6.07, 6.45) is 6.61. The molecule has 90 valence electrons. The predicted octanol–water partition coefficient (Wildman–Crippen LogP) is 0.861. The van der Waals surface area contributed by atoms with Crippen molar-refractivity contribution in [3.8, 4) is 0 Å². The Bertz CT molecular complexity index is 330. The van der Waals surface area contributed by atoms with Crippen LogP contribution >= 0.6 is 0 Å². The van der Waals surface area contributed by atoms with Crippen molar-refractivity contribution in [3.63, 3.8) is 0 Å². The van der Waals surface area contributed by atoms with Crippen LogP contribution in [0.2, 0.25) is 0 Å². The highest BCUT2D eigenvalue weighted by molar-refractivity contribution is 4.90. The molecular formula is C12H22N4. The Morgan fingerprint density at radius 1 is 1.62 bits per heavy atom. The number of hydrogen-bond donors (Lipinski definition) is 1. The van der Waals surface area contributed by atoms with Gasteiger partial charge in [0.15, 0.2) is 0 Å². The van der Waals surface area contributed by atoms with E-state index in [-0.39, 0.29) is 0 Å². The third kappa shape index (κ3) is 2.62. The van der Waals surface area contributed by atoms with Crippen LogP contribution in [-0.4, -0.2) is 40.6 Å². The molecule has 4 nitrogen and oxygen atoms in total. The molecule has 2 rings (SSSR count). The minimum absolute atomic E-state index is 0.573. The second-order valence-electron chi connectivity index (χ2n) is 4.79. The van der Waals surface area contributed by atoms with Gasteiger partial charge in [-0.2, -0.15) is 0 Å². The average Bonchev–Trinajstić information content (AvgIpc) is 3.01. The highest BCUT2D eigenvalue weighted by Crippen LogP contribution is 2.34. The van der Waals surface area contributed by atoms with E-state index >= 15 is 0 Å². The van der Waals surface area contributed by atoms with E-state index < -0.39 is 0 Å². The average molecular weight is 222 g/mol. The van der Waals surface area contributed by atoms with Gasteiger partial charge in [-0.3, -0.25) is 0 Å². The molecule has 2 N–H and O–H groups in total. The summed E-state index contributed by atoms with van der Waals surface area (Å²) >= 11 is 0. The summed E-state index contributed by atoms with van der Waals surface area (Å²) < 4.78 is 2.19. The number of nitrogens with zero attached hydrogens (tertiary/aromatic N) is 3. The number of likely N-dealkylation sites (N-methyl/N-ethyl adjacent to an activating group) is 1. The van der Waals surface area contributed by atoms with E-state index in [1.807, 2.05) is 19.3 Å². The molecule has 0 bridgehead atoms. The molecule has 1 saturated carbocycles. The monoisotopic (exact) mass is 222 g/mol. The lowest BCUT2D eigenvalue weighted by Crippen LogP contribution is -2.41. The largest absolute Gasteiger partial charge is 0.334 e. The van der Waals surface area contributed by atoms with Gasteiger partial charge in [0.25, 0.3) is 0 Å². The SMILES string of the molecule is Cc1nccn1CCN(C)C(CN)C1CC1. The molecule has 16 heavy (non-hydrogen) atoms. The van der Waals surface area contributed by atoms with Crippen LogP contribution < -0.4 is 5.73 Å². The predicted molar refractivity (Wildman–Crippen MR) is 65.2 cm³/mol. The van der Waals surface area contributed by atoms with Gasteiger partial charge in [-0.15, -0.1) is 0 Å². The zero-order chi connectivity index (χ0) is 11.5. The normalized spacial score (nSPS) is 18.0. The Balaban J connectivity index is 1.82. The molecule has 1 aromatic heterocycles. The van der Waals surface area contributed by atoms with E-state index in [1.165, 1.54) is 12.8 Å². The highest BCUT2D eigenvalue weighted by Gasteiger charge is 2.32. The summed E-state index contributed by atoms with van der Waals surface area (Å²) in [7, 11) is 2.18. The lowest BCUT2D eigenvalue weighted by molar-refractivity contribution is 0.215. The smallest absolute Gasteiger partial charge is 0.105 e. The fraction of sp³-hybridized carbons (Fsp3) is 0.750. The Labute approximate surface area is 97.4 Å². The van der Waals surface area contributed by atoms with Crippen molar-refractivity contribution in [2.24, 2.45) is 11.7 Å². The van der Waals surface area contributed by atoms with Crippen LogP contribution in [0.1, 0.15) is 18.7 Å². The van der Waals surface area contributed by atoms with Crippen LogP contribution in [0.3, 0.4) is 0 Å². The van der Waals surface area contributed by atoms with Crippen LogP contribution in [-0.2, 0) is 6.54 Å². The van der Waals surface area contributed by atoms with E-state index in [9.17, 15) is 0 Å². The minimum atomic E-state index is 0.573. The van der Waals surface area contributed by atoms with E-state index in [2.05, 4.69) is 21.5 Å². The Morgan fingerprint density at radius 3 is 2.88 bits per heavy atom. The first-order valence-electron chi connectivity index (χ1n) is 6.10. The van der Waals surface area contributed by atoms with Crippen molar-refractivity contribution in [1.29, 1.82) is 0 Å². The molecule has 0 aromatic carbocycles. The minimum Gasteiger partial charge on any atom is -0.334 e. The fourth-order valence-corrected chi connectivity index (χ4v) is 2.28. The van der Waals surface area contributed by atoms with Gasteiger partial charge >= 0.3 is 0 Å². The number of rotatable bonds is 6. The third-order valence-electron chi connectivity index (χ3n) is 3.59. The van der Waals surface area contributed by atoms with Crippen molar-refractivity contribution in [2.45, 2.75) is 32.4 Å². The van der Waals surface area contributed by atoms with Crippen LogP contribution in [0.25, 0.3) is 0 Å². The summed E-state index contributed by atoms with van der Waals surface area (Å²) in [5.74, 6) is 1.93. The summed E-state index contributed by atoms with van der Waals surface area (Å²) in [5.41, 5.74) is 5.83. The summed E-state index contributed by atoms with van der Waals surface area (Å²) in [6, 6.07) is 0.573. The van der Waals surface area contributed by atoms with Crippen LogP contribution in [0, 0.1) is 12.8 Å². The van der Waals surface area contributed by atoms with E-state index in [4.69, 9.17) is 5.73 Å². The van der Waals surface area contributed by atoms with Crippen molar-refractivity contribution >= 4 is 0 Å². The molecular weight excluding hydrogens is 200 g/mol. The van der Waals surface area contributed by atoms with Crippen LogP contribution in [0.4, 0.5) is 0 Å². The molecule has 0 spiro atoms. The van der Waals surface area contributed by atoms with E-state index in [0.29, 0.717) is 6.04 Å². The van der Waals surface area contributed by atoms with Gasteiger partial charge in [0.05, 0.1) is 0 Å².